The standard InChI is InChI=1S/C14H21NO4S/c1-3-14(17)12-7-5-8-13(11-12)20(18,19)15(4-2)9-6-10-16/h5,7-8,11,16H,3-4,6,9-10H2,1-2H3. The first-order valence-electron chi connectivity index (χ1n) is 6.71. The quantitative estimate of drug-likeness (QED) is 0.741. The van der Waals surface area contributed by atoms with E-state index in [1.165, 1.54) is 16.4 Å². The molecule has 1 aromatic rings. The molecule has 0 aliphatic heterocycles. The third kappa shape index (κ3) is 3.88. The van der Waals surface area contributed by atoms with Gasteiger partial charge in [0, 0.05) is 31.7 Å². The van der Waals surface area contributed by atoms with E-state index in [0.717, 1.165) is 0 Å². The summed E-state index contributed by atoms with van der Waals surface area (Å²) in [5.74, 6) is -0.0829. The highest BCUT2D eigenvalue weighted by molar-refractivity contribution is 7.89. The lowest BCUT2D eigenvalue weighted by Crippen LogP contribution is -2.32. The van der Waals surface area contributed by atoms with Crippen molar-refractivity contribution in [2.24, 2.45) is 0 Å². The van der Waals surface area contributed by atoms with E-state index in [2.05, 4.69) is 0 Å². The van der Waals surface area contributed by atoms with Gasteiger partial charge in [0.25, 0.3) is 0 Å². The molecule has 1 N–H and O–H groups in total. The normalized spacial score (nSPS) is 11.8. The van der Waals surface area contributed by atoms with Gasteiger partial charge in [0.05, 0.1) is 4.90 Å². The molecular weight excluding hydrogens is 278 g/mol. The van der Waals surface area contributed by atoms with Crippen LogP contribution in [0.1, 0.15) is 37.0 Å². The minimum Gasteiger partial charge on any atom is -0.396 e. The van der Waals surface area contributed by atoms with Crippen molar-refractivity contribution in [3.8, 4) is 0 Å². The third-order valence-electron chi connectivity index (χ3n) is 3.03. The minimum atomic E-state index is -3.62. The highest BCUT2D eigenvalue weighted by Crippen LogP contribution is 2.18. The molecule has 0 amide bonds. The lowest BCUT2D eigenvalue weighted by molar-refractivity contribution is 0.0988. The van der Waals surface area contributed by atoms with Crippen LogP contribution >= 0.6 is 0 Å². The molecule has 0 fully saturated rings. The van der Waals surface area contributed by atoms with E-state index in [9.17, 15) is 13.2 Å². The van der Waals surface area contributed by atoms with Crippen molar-refractivity contribution >= 4 is 15.8 Å². The molecule has 112 valence electrons. The summed E-state index contributed by atoms with van der Waals surface area (Å²) in [7, 11) is -3.62. The van der Waals surface area contributed by atoms with E-state index >= 15 is 0 Å². The summed E-state index contributed by atoms with van der Waals surface area (Å²) >= 11 is 0. The molecule has 5 nitrogen and oxygen atoms in total. The van der Waals surface area contributed by atoms with Crippen LogP contribution < -0.4 is 0 Å². The van der Waals surface area contributed by atoms with Gasteiger partial charge < -0.3 is 5.11 Å². The van der Waals surface area contributed by atoms with Gasteiger partial charge in [-0.3, -0.25) is 4.79 Å². The van der Waals surface area contributed by atoms with E-state index in [4.69, 9.17) is 5.11 Å². The number of sulfonamides is 1. The summed E-state index contributed by atoms with van der Waals surface area (Å²) < 4.78 is 26.2. The number of hydrogen-bond acceptors (Lipinski definition) is 4. The largest absolute Gasteiger partial charge is 0.396 e. The zero-order valence-electron chi connectivity index (χ0n) is 11.9. The van der Waals surface area contributed by atoms with E-state index < -0.39 is 10.0 Å². The van der Waals surface area contributed by atoms with E-state index in [-0.39, 0.29) is 23.8 Å². The average Bonchev–Trinajstić information content (AvgIpc) is 2.47. The first-order chi connectivity index (χ1) is 9.47. The van der Waals surface area contributed by atoms with Crippen molar-refractivity contribution in [2.75, 3.05) is 19.7 Å². The minimum absolute atomic E-state index is 0.0552. The summed E-state index contributed by atoms with van der Waals surface area (Å²) in [6.07, 6.45) is 0.728. The summed E-state index contributed by atoms with van der Waals surface area (Å²) in [5, 5.41) is 8.83. The van der Waals surface area contributed by atoms with Crippen molar-refractivity contribution in [2.45, 2.75) is 31.6 Å². The maximum atomic E-state index is 12.5. The highest BCUT2D eigenvalue weighted by Gasteiger charge is 2.23. The Morgan fingerprint density at radius 3 is 2.55 bits per heavy atom. The Morgan fingerprint density at radius 2 is 2.00 bits per heavy atom. The van der Waals surface area contributed by atoms with Gasteiger partial charge >= 0.3 is 0 Å². The van der Waals surface area contributed by atoms with Crippen molar-refractivity contribution in [1.82, 2.24) is 4.31 Å². The predicted octanol–water partition coefficient (Wildman–Crippen LogP) is 1.67. The van der Waals surface area contributed by atoms with Crippen molar-refractivity contribution in [1.29, 1.82) is 0 Å². The number of aliphatic hydroxyl groups is 1. The number of Topliss-reactive ketones (excluding diaryl/α,β-unsaturated/α-hetero) is 1. The molecule has 20 heavy (non-hydrogen) atoms. The molecule has 0 atom stereocenters. The number of carbonyl (C=O) groups is 1. The van der Waals surface area contributed by atoms with Crippen LogP contribution in [0.3, 0.4) is 0 Å². The van der Waals surface area contributed by atoms with E-state index in [1.807, 2.05) is 0 Å². The monoisotopic (exact) mass is 299 g/mol. The van der Waals surface area contributed by atoms with Gasteiger partial charge in [-0.25, -0.2) is 8.42 Å². The Hall–Kier alpha value is -1.24. The van der Waals surface area contributed by atoms with Crippen LogP contribution in [0.5, 0.6) is 0 Å². The topological polar surface area (TPSA) is 74.7 Å². The number of nitrogens with zero attached hydrogens (tertiary/aromatic N) is 1. The van der Waals surface area contributed by atoms with Crippen LogP contribution in [0.25, 0.3) is 0 Å². The summed E-state index contributed by atoms with van der Waals surface area (Å²) in [4.78, 5) is 11.8. The van der Waals surface area contributed by atoms with Crippen molar-refractivity contribution < 1.29 is 18.3 Å². The Kier molecular flexibility index (Phi) is 6.32. The zero-order valence-corrected chi connectivity index (χ0v) is 12.7. The second kappa shape index (κ2) is 7.52. The molecule has 0 aromatic heterocycles. The molecular formula is C14H21NO4S. The number of aliphatic hydroxyl groups excluding tert-OH is 1. The summed E-state index contributed by atoms with van der Waals surface area (Å²) in [5.41, 5.74) is 0.409. The van der Waals surface area contributed by atoms with Gasteiger partial charge in [0.1, 0.15) is 0 Å². The van der Waals surface area contributed by atoms with Gasteiger partial charge in [-0.1, -0.05) is 26.0 Å². The van der Waals surface area contributed by atoms with E-state index in [0.29, 0.717) is 24.9 Å². The Bertz CT molecular complexity index is 554. The van der Waals surface area contributed by atoms with Crippen molar-refractivity contribution in [3.05, 3.63) is 29.8 Å². The zero-order chi connectivity index (χ0) is 15.2. The fourth-order valence-corrected chi connectivity index (χ4v) is 3.41. The van der Waals surface area contributed by atoms with Crippen LogP contribution in [-0.4, -0.2) is 43.3 Å². The van der Waals surface area contributed by atoms with Crippen LogP contribution in [0.2, 0.25) is 0 Å². The number of benzene rings is 1. The molecule has 0 saturated heterocycles. The van der Waals surface area contributed by atoms with E-state index in [1.54, 1.807) is 26.0 Å². The molecule has 0 unspecified atom stereocenters. The fraction of sp³-hybridized carbons (Fsp3) is 0.500. The van der Waals surface area contributed by atoms with Gasteiger partial charge in [-0.15, -0.1) is 0 Å². The van der Waals surface area contributed by atoms with Gasteiger partial charge in [-0.2, -0.15) is 4.31 Å². The van der Waals surface area contributed by atoms with Crippen LogP contribution in [0.4, 0.5) is 0 Å². The molecule has 0 bridgehead atoms. The van der Waals surface area contributed by atoms with Gasteiger partial charge in [-0.05, 0) is 18.6 Å². The second-order valence-electron chi connectivity index (χ2n) is 4.38. The summed E-state index contributed by atoms with van der Waals surface area (Å²) in [6.45, 7) is 4.02. The lowest BCUT2D eigenvalue weighted by Gasteiger charge is -2.20. The number of hydrogen-bond donors (Lipinski definition) is 1. The predicted molar refractivity (Wildman–Crippen MR) is 77.2 cm³/mol. The van der Waals surface area contributed by atoms with Crippen LogP contribution in [-0.2, 0) is 10.0 Å². The number of carbonyl (C=O) groups excluding carboxylic acids is 1. The Labute approximate surface area is 120 Å². The number of ketones is 1. The first-order valence-corrected chi connectivity index (χ1v) is 8.15. The SMILES string of the molecule is CCC(=O)c1cccc(S(=O)(=O)N(CC)CCCO)c1. The Balaban J connectivity index is 3.11. The molecule has 0 aliphatic rings. The molecule has 0 spiro atoms. The van der Waals surface area contributed by atoms with Crippen LogP contribution in [0.15, 0.2) is 29.2 Å². The molecule has 6 heteroatoms. The Morgan fingerprint density at radius 1 is 1.30 bits per heavy atom. The second-order valence-corrected chi connectivity index (χ2v) is 6.32. The molecule has 0 radical (unpaired) electrons. The third-order valence-corrected chi connectivity index (χ3v) is 5.00. The number of rotatable bonds is 8. The lowest BCUT2D eigenvalue weighted by atomic mass is 10.1. The molecule has 1 aromatic carbocycles. The fourth-order valence-electron chi connectivity index (χ4n) is 1.88. The highest BCUT2D eigenvalue weighted by atomic mass is 32.2. The van der Waals surface area contributed by atoms with Gasteiger partial charge in [0.2, 0.25) is 10.0 Å². The first kappa shape index (κ1) is 16.8. The van der Waals surface area contributed by atoms with Crippen LogP contribution in [0, 0.1) is 0 Å². The van der Waals surface area contributed by atoms with Gasteiger partial charge in [0.15, 0.2) is 5.78 Å². The maximum Gasteiger partial charge on any atom is 0.243 e. The molecule has 0 aliphatic carbocycles. The molecule has 0 heterocycles. The smallest absolute Gasteiger partial charge is 0.243 e. The van der Waals surface area contributed by atoms with Crippen molar-refractivity contribution in [3.63, 3.8) is 0 Å². The summed E-state index contributed by atoms with van der Waals surface area (Å²) in [6, 6.07) is 6.11. The maximum absolute atomic E-state index is 12.5. The molecule has 1 rings (SSSR count). The molecule has 0 saturated carbocycles. The average molecular weight is 299 g/mol.